The molecule has 1 saturated heterocycles. The van der Waals surface area contributed by atoms with Crippen LogP contribution in [0, 0.1) is 0 Å². The van der Waals surface area contributed by atoms with Gasteiger partial charge in [-0.25, -0.2) is 9.78 Å². The summed E-state index contributed by atoms with van der Waals surface area (Å²) in [5.74, 6) is -0.253. The molecule has 2 unspecified atom stereocenters. The van der Waals surface area contributed by atoms with E-state index in [1.165, 1.54) is 14.2 Å². The van der Waals surface area contributed by atoms with Gasteiger partial charge in [-0.2, -0.15) is 0 Å². The van der Waals surface area contributed by atoms with Crippen LogP contribution in [0.1, 0.15) is 6.42 Å². The van der Waals surface area contributed by atoms with Gasteiger partial charge < -0.3 is 10.1 Å². The lowest BCUT2D eigenvalue weighted by Crippen LogP contribution is -2.31. The van der Waals surface area contributed by atoms with Crippen molar-refractivity contribution in [1.29, 1.82) is 0 Å². The molecule has 1 aliphatic rings. The fourth-order valence-corrected chi connectivity index (χ4v) is 1.23. The lowest BCUT2D eigenvalue weighted by Gasteiger charge is -2.06. The maximum absolute atomic E-state index is 11.0. The quantitative estimate of drug-likeness (QED) is 0.355. The van der Waals surface area contributed by atoms with E-state index < -0.39 is 0 Å². The molecular formula is C7H13NO4. The minimum Gasteiger partial charge on any atom is -0.468 e. The molecule has 1 rings (SSSR count). The predicted octanol–water partition coefficient (Wildman–Crippen LogP) is -0.532. The Labute approximate surface area is 70.9 Å². The van der Waals surface area contributed by atoms with Crippen LogP contribution in [0.15, 0.2) is 0 Å². The summed E-state index contributed by atoms with van der Waals surface area (Å²) in [6.07, 6.45) is 0.541. The SMILES string of the molecule is COOC1CNC(C(=O)OC)C1. The zero-order valence-corrected chi connectivity index (χ0v) is 7.20. The minimum absolute atomic E-state index is 0.0564. The molecule has 0 saturated carbocycles. The van der Waals surface area contributed by atoms with Crippen LogP contribution in [0.2, 0.25) is 0 Å². The van der Waals surface area contributed by atoms with Crippen molar-refractivity contribution >= 4 is 5.97 Å². The van der Waals surface area contributed by atoms with E-state index in [0.29, 0.717) is 13.0 Å². The van der Waals surface area contributed by atoms with Gasteiger partial charge in [-0.1, -0.05) is 0 Å². The Morgan fingerprint density at radius 3 is 2.83 bits per heavy atom. The second-order valence-corrected chi connectivity index (χ2v) is 2.60. The Morgan fingerprint density at radius 2 is 2.25 bits per heavy atom. The molecule has 5 heteroatoms. The number of hydrogen-bond donors (Lipinski definition) is 1. The number of rotatable bonds is 3. The maximum Gasteiger partial charge on any atom is 0.322 e. The normalized spacial score (nSPS) is 28.8. The molecule has 0 aromatic rings. The van der Waals surface area contributed by atoms with Gasteiger partial charge in [0.1, 0.15) is 12.1 Å². The van der Waals surface area contributed by atoms with Crippen molar-refractivity contribution in [3.05, 3.63) is 0 Å². The highest BCUT2D eigenvalue weighted by Gasteiger charge is 2.31. The Morgan fingerprint density at radius 1 is 1.50 bits per heavy atom. The fraction of sp³-hybridized carbons (Fsp3) is 0.857. The Balaban J connectivity index is 2.30. The van der Waals surface area contributed by atoms with Gasteiger partial charge >= 0.3 is 5.97 Å². The van der Waals surface area contributed by atoms with Crippen molar-refractivity contribution in [2.75, 3.05) is 20.8 Å². The number of carbonyl (C=O) groups excluding carboxylic acids is 1. The van der Waals surface area contributed by atoms with Crippen molar-refractivity contribution in [1.82, 2.24) is 5.32 Å². The zero-order valence-electron chi connectivity index (χ0n) is 7.20. The van der Waals surface area contributed by atoms with Crippen LogP contribution in [0.4, 0.5) is 0 Å². The van der Waals surface area contributed by atoms with E-state index in [2.05, 4.69) is 14.9 Å². The number of nitrogens with one attached hydrogen (secondary N) is 1. The molecule has 1 fully saturated rings. The first-order valence-electron chi connectivity index (χ1n) is 3.78. The van der Waals surface area contributed by atoms with Gasteiger partial charge in [0.25, 0.3) is 0 Å². The Kier molecular flexibility index (Phi) is 3.46. The molecule has 2 atom stereocenters. The summed E-state index contributed by atoms with van der Waals surface area (Å²) in [6, 6.07) is -0.254. The standard InChI is InChI=1S/C7H13NO4/c1-10-7(9)6-3-5(4-8-6)12-11-2/h5-6,8H,3-4H2,1-2H3. The summed E-state index contributed by atoms with van der Waals surface area (Å²) in [5, 5.41) is 2.96. The highest BCUT2D eigenvalue weighted by atomic mass is 17.2. The lowest BCUT2D eigenvalue weighted by molar-refractivity contribution is -0.300. The largest absolute Gasteiger partial charge is 0.468 e. The molecule has 0 aromatic heterocycles. The number of carbonyl (C=O) groups is 1. The van der Waals surface area contributed by atoms with Crippen LogP contribution in [0.3, 0.4) is 0 Å². The summed E-state index contributed by atoms with van der Waals surface area (Å²) in [5.41, 5.74) is 0. The first-order valence-corrected chi connectivity index (χ1v) is 3.78. The highest BCUT2D eigenvalue weighted by molar-refractivity contribution is 5.76. The van der Waals surface area contributed by atoms with E-state index in [1.807, 2.05) is 0 Å². The summed E-state index contributed by atoms with van der Waals surface area (Å²) in [4.78, 5) is 20.3. The van der Waals surface area contributed by atoms with E-state index in [0.717, 1.165) is 0 Å². The third-order valence-corrected chi connectivity index (χ3v) is 1.81. The molecule has 0 bridgehead atoms. The molecule has 1 N–H and O–H groups in total. The van der Waals surface area contributed by atoms with Crippen molar-refractivity contribution in [2.24, 2.45) is 0 Å². The third-order valence-electron chi connectivity index (χ3n) is 1.81. The van der Waals surface area contributed by atoms with E-state index in [-0.39, 0.29) is 18.1 Å². The topological polar surface area (TPSA) is 56.8 Å². The third kappa shape index (κ3) is 2.17. The summed E-state index contributed by atoms with van der Waals surface area (Å²) >= 11 is 0. The molecule has 0 aromatic carbocycles. The lowest BCUT2D eigenvalue weighted by atomic mass is 10.2. The van der Waals surface area contributed by atoms with Crippen LogP contribution in [-0.2, 0) is 19.3 Å². The van der Waals surface area contributed by atoms with Crippen LogP contribution >= 0.6 is 0 Å². The molecular weight excluding hydrogens is 162 g/mol. The van der Waals surface area contributed by atoms with E-state index in [9.17, 15) is 4.79 Å². The van der Waals surface area contributed by atoms with Crippen molar-refractivity contribution in [3.8, 4) is 0 Å². The minimum atomic E-state index is -0.254. The average molecular weight is 175 g/mol. The molecule has 1 heterocycles. The number of ether oxygens (including phenoxy) is 1. The van der Waals surface area contributed by atoms with Crippen molar-refractivity contribution in [2.45, 2.75) is 18.6 Å². The molecule has 5 nitrogen and oxygen atoms in total. The fourth-order valence-electron chi connectivity index (χ4n) is 1.23. The van der Waals surface area contributed by atoms with Gasteiger partial charge in [0, 0.05) is 13.0 Å². The Bertz CT molecular complexity index is 161. The van der Waals surface area contributed by atoms with Gasteiger partial charge in [0.2, 0.25) is 0 Å². The second kappa shape index (κ2) is 4.39. The molecule has 0 aliphatic carbocycles. The monoisotopic (exact) mass is 175 g/mol. The summed E-state index contributed by atoms with van der Waals surface area (Å²) in [7, 11) is 2.82. The van der Waals surface area contributed by atoms with E-state index >= 15 is 0 Å². The van der Waals surface area contributed by atoms with E-state index in [1.54, 1.807) is 0 Å². The van der Waals surface area contributed by atoms with Gasteiger partial charge in [-0.3, -0.25) is 4.79 Å². The summed E-state index contributed by atoms with van der Waals surface area (Å²) in [6.45, 7) is 0.619. The van der Waals surface area contributed by atoms with Crippen LogP contribution < -0.4 is 5.32 Å². The smallest absolute Gasteiger partial charge is 0.322 e. The molecule has 0 spiro atoms. The van der Waals surface area contributed by atoms with Crippen molar-refractivity contribution < 1.29 is 19.3 Å². The Hall–Kier alpha value is -0.650. The molecule has 0 amide bonds. The van der Waals surface area contributed by atoms with Crippen molar-refractivity contribution in [3.63, 3.8) is 0 Å². The molecule has 1 aliphatic heterocycles. The van der Waals surface area contributed by atoms with Crippen LogP contribution in [0.5, 0.6) is 0 Å². The molecule has 12 heavy (non-hydrogen) atoms. The first-order chi connectivity index (χ1) is 5.77. The van der Waals surface area contributed by atoms with Crippen LogP contribution in [-0.4, -0.2) is 38.9 Å². The van der Waals surface area contributed by atoms with Gasteiger partial charge in [0.15, 0.2) is 0 Å². The van der Waals surface area contributed by atoms with E-state index in [4.69, 9.17) is 4.89 Å². The highest BCUT2D eigenvalue weighted by Crippen LogP contribution is 2.11. The number of hydrogen-bond acceptors (Lipinski definition) is 5. The summed E-state index contributed by atoms with van der Waals surface area (Å²) < 4.78 is 4.56. The van der Waals surface area contributed by atoms with Gasteiger partial charge in [-0.05, 0) is 0 Å². The maximum atomic E-state index is 11.0. The number of methoxy groups -OCH3 is 1. The molecule has 70 valence electrons. The van der Waals surface area contributed by atoms with Gasteiger partial charge in [0.05, 0.1) is 14.2 Å². The first kappa shape index (κ1) is 9.44. The average Bonchev–Trinajstić information content (AvgIpc) is 2.52. The van der Waals surface area contributed by atoms with Gasteiger partial charge in [-0.15, -0.1) is 0 Å². The molecule has 0 radical (unpaired) electrons. The predicted molar refractivity (Wildman–Crippen MR) is 40.3 cm³/mol. The van der Waals surface area contributed by atoms with Crippen LogP contribution in [0.25, 0.3) is 0 Å². The zero-order chi connectivity index (χ0) is 8.97. The second-order valence-electron chi connectivity index (χ2n) is 2.60. The number of esters is 1.